The lowest BCUT2D eigenvalue weighted by Crippen LogP contribution is -2.22. The van der Waals surface area contributed by atoms with Crippen molar-refractivity contribution >= 4 is 23.5 Å². The van der Waals surface area contributed by atoms with Crippen molar-refractivity contribution in [1.29, 1.82) is 5.26 Å². The Balaban J connectivity index is 1.49. The summed E-state index contributed by atoms with van der Waals surface area (Å²) in [5.74, 6) is 0.582. The molecule has 0 aliphatic carbocycles. The van der Waals surface area contributed by atoms with Crippen molar-refractivity contribution in [2.24, 2.45) is 0 Å². The first kappa shape index (κ1) is 23.1. The van der Waals surface area contributed by atoms with E-state index in [0.29, 0.717) is 17.9 Å². The molecule has 7 nitrogen and oxygen atoms in total. The second-order valence-electron chi connectivity index (χ2n) is 8.48. The predicted octanol–water partition coefficient (Wildman–Crippen LogP) is 4.69. The zero-order chi connectivity index (χ0) is 23.5. The first-order valence-electron chi connectivity index (χ1n) is 11.1. The van der Waals surface area contributed by atoms with Gasteiger partial charge in [-0.1, -0.05) is 17.8 Å². The van der Waals surface area contributed by atoms with Crippen LogP contribution in [0.5, 0.6) is 0 Å². The number of benzene rings is 1. The molecule has 8 heteroatoms. The average Bonchev–Trinajstić information content (AvgIpc) is 3.53. The molecule has 1 aliphatic heterocycles. The topological polar surface area (TPSA) is 84.9 Å². The molecule has 1 amide bonds. The maximum Gasteiger partial charge on any atom is 0.235 e. The number of imidazole rings is 1. The van der Waals surface area contributed by atoms with Gasteiger partial charge in [0.25, 0.3) is 0 Å². The number of rotatable bonds is 7. The van der Waals surface area contributed by atoms with Crippen LogP contribution in [0.1, 0.15) is 40.8 Å². The minimum Gasteiger partial charge on any atom is -0.376 e. The van der Waals surface area contributed by atoms with E-state index in [0.717, 1.165) is 41.5 Å². The van der Waals surface area contributed by atoms with E-state index in [-0.39, 0.29) is 17.8 Å². The number of aryl methyl sites for hydroxylation is 2. The van der Waals surface area contributed by atoms with Crippen LogP contribution in [0, 0.1) is 39.0 Å². The van der Waals surface area contributed by atoms with Gasteiger partial charge in [-0.25, -0.2) is 4.98 Å². The lowest BCUT2D eigenvalue weighted by molar-refractivity contribution is -0.113. The standard InChI is InChI=1S/C25H29N5O2S/c1-16-7-8-20(12-17(16)2)29-10-9-27-25(29)33-15-23(31)28-24-22(13-26)18(3)19(4)30(24)14-21-6-5-11-32-21/h7-10,12,21H,5-6,11,14-15H2,1-4H3,(H,28,31)/t21-/m1/s1. The van der Waals surface area contributed by atoms with Gasteiger partial charge in [0.1, 0.15) is 11.9 Å². The van der Waals surface area contributed by atoms with Gasteiger partial charge in [0.05, 0.1) is 24.0 Å². The molecule has 172 valence electrons. The second-order valence-corrected chi connectivity index (χ2v) is 9.42. The van der Waals surface area contributed by atoms with Crippen LogP contribution in [-0.2, 0) is 16.1 Å². The highest BCUT2D eigenvalue weighted by molar-refractivity contribution is 7.99. The van der Waals surface area contributed by atoms with Crippen molar-refractivity contribution in [3.63, 3.8) is 0 Å². The van der Waals surface area contributed by atoms with Gasteiger partial charge in [-0.2, -0.15) is 5.26 Å². The van der Waals surface area contributed by atoms with Crippen molar-refractivity contribution in [3.05, 3.63) is 58.5 Å². The third kappa shape index (κ3) is 4.85. The molecular formula is C25H29N5O2S. The Hall–Kier alpha value is -3.02. The highest BCUT2D eigenvalue weighted by Crippen LogP contribution is 2.29. The van der Waals surface area contributed by atoms with Gasteiger partial charge in [0, 0.05) is 30.4 Å². The van der Waals surface area contributed by atoms with Crippen LogP contribution < -0.4 is 5.32 Å². The van der Waals surface area contributed by atoms with Crippen LogP contribution in [0.25, 0.3) is 5.69 Å². The Morgan fingerprint density at radius 3 is 2.82 bits per heavy atom. The van der Waals surface area contributed by atoms with E-state index in [1.54, 1.807) is 6.20 Å². The molecule has 1 saturated heterocycles. The molecule has 3 aromatic rings. The summed E-state index contributed by atoms with van der Waals surface area (Å²) >= 11 is 1.37. The molecule has 0 unspecified atom stereocenters. The lowest BCUT2D eigenvalue weighted by Gasteiger charge is -2.17. The molecule has 1 aliphatic rings. The molecule has 0 bridgehead atoms. The number of nitrogens with zero attached hydrogens (tertiary/aromatic N) is 4. The Bertz CT molecular complexity index is 1210. The van der Waals surface area contributed by atoms with Crippen LogP contribution >= 0.6 is 11.8 Å². The summed E-state index contributed by atoms with van der Waals surface area (Å²) in [5, 5.41) is 13.5. The predicted molar refractivity (Wildman–Crippen MR) is 130 cm³/mol. The van der Waals surface area contributed by atoms with Crippen LogP contribution in [0.15, 0.2) is 35.7 Å². The van der Waals surface area contributed by atoms with Crippen LogP contribution in [0.3, 0.4) is 0 Å². The highest BCUT2D eigenvalue weighted by atomic mass is 32.2. The maximum absolute atomic E-state index is 12.9. The molecule has 1 N–H and O–H groups in total. The number of carbonyl (C=O) groups excluding carboxylic acids is 1. The number of nitrogens with one attached hydrogen (secondary N) is 1. The van der Waals surface area contributed by atoms with E-state index in [2.05, 4.69) is 48.4 Å². The SMILES string of the molecule is Cc1ccc(-n2ccnc2SCC(=O)Nc2c(C#N)c(C)c(C)n2C[C@H]2CCCO2)cc1C. The highest BCUT2D eigenvalue weighted by Gasteiger charge is 2.24. The van der Waals surface area contributed by atoms with Crippen LogP contribution in [-0.4, -0.2) is 38.5 Å². The third-order valence-corrected chi connectivity index (χ3v) is 7.28. The lowest BCUT2D eigenvalue weighted by atomic mass is 10.1. The number of hydrogen-bond acceptors (Lipinski definition) is 5. The number of hydrogen-bond donors (Lipinski definition) is 1. The van der Waals surface area contributed by atoms with E-state index in [9.17, 15) is 10.1 Å². The van der Waals surface area contributed by atoms with Gasteiger partial charge in [-0.05, 0) is 69.4 Å². The molecule has 1 aromatic carbocycles. The minimum atomic E-state index is -0.169. The zero-order valence-corrected chi connectivity index (χ0v) is 20.3. The van der Waals surface area contributed by atoms with Gasteiger partial charge in [0.2, 0.25) is 5.91 Å². The molecule has 0 radical (unpaired) electrons. The molecule has 33 heavy (non-hydrogen) atoms. The van der Waals surface area contributed by atoms with Gasteiger partial charge in [-0.15, -0.1) is 0 Å². The van der Waals surface area contributed by atoms with E-state index in [4.69, 9.17) is 4.74 Å². The molecule has 3 heterocycles. The summed E-state index contributed by atoms with van der Waals surface area (Å²) in [6.45, 7) is 9.47. The van der Waals surface area contributed by atoms with Gasteiger partial charge in [-0.3, -0.25) is 9.36 Å². The Morgan fingerprint density at radius 2 is 2.12 bits per heavy atom. The van der Waals surface area contributed by atoms with Crippen LogP contribution in [0.2, 0.25) is 0 Å². The van der Waals surface area contributed by atoms with E-state index in [1.165, 1.54) is 22.9 Å². The van der Waals surface area contributed by atoms with Crippen LogP contribution in [0.4, 0.5) is 5.82 Å². The molecular weight excluding hydrogens is 434 g/mol. The first-order chi connectivity index (χ1) is 15.9. The average molecular weight is 464 g/mol. The van der Waals surface area contributed by atoms with E-state index in [1.807, 2.05) is 29.2 Å². The number of aromatic nitrogens is 3. The largest absolute Gasteiger partial charge is 0.376 e. The van der Waals surface area contributed by atoms with Gasteiger partial charge < -0.3 is 14.6 Å². The fourth-order valence-corrected chi connectivity index (χ4v) is 4.89. The number of amides is 1. The summed E-state index contributed by atoms with van der Waals surface area (Å²) in [7, 11) is 0. The molecule has 1 atom stereocenters. The van der Waals surface area contributed by atoms with Crippen molar-refractivity contribution in [1.82, 2.24) is 14.1 Å². The smallest absolute Gasteiger partial charge is 0.235 e. The summed E-state index contributed by atoms with van der Waals surface area (Å²) in [6, 6.07) is 8.52. The number of carbonyl (C=O) groups is 1. The normalized spacial score (nSPS) is 15.5. The Morgan fingerprint density at radius 1 is 1.30 bits per heavy atom. The quantitative estimate of drug-likeness (QED) is 0.514. The fourth-order valence-electron chi connectivity index (χ4n) is 4.12. The maximum atomic E-state index is 12.9. The molecule has 0 spiro atoms. The number of anilines is 1. The fraction of sp³-hybridized carbons (Fsp3) is 0.400. The monoisotopic (exact) mass is 463 g/mol. The van der Waals surface area contributed by atoms with Crippen molar-refractivity contribution in [2.45, 2.75) is 58.3 Å². The molecule has 2 aromatic heterocycles. The zero-order valence-electron chi connectivity index (χ0n) is 19.5. The number of thioether (sulfide) groups is 1. The van der Waals surface area contributed by atoms with Crippen molar-refractivity contribution < 1.29 is 9.53 Å². The van der Waals surface area contributed by atoms with Gasteiger partial charge in [0.15, 0.2) is 5.16 Å². The summed E-state index contributed by atoms with van der Waals surface area (Å²) in [5.41, 5.74) is 5.84. The number of ether oxygens (including phenoxy) is 1. The number of nitriles is 1. The molecule has 0 saturated carbocycles. The molecule has 1 fully saturated rings. The summed E-state index contributed by atoms with van der Waals surface area (Å²) in [6.07, 6.45) is 5.78. The first-order valence-corrected chi connectivity index (χ1v) is 12.1. The Kier molecular flexibility index (Phi) is 6.91. The third-order valence-electron chi connectivity index (χ3n) is 6.32. The van der Waals surface area contributed by atoms with E-state index >= 15 is 0 Å². The Labute approximate surface area is 198 Å². The molecule has 4 rings (SSSR count). The summed E-state index contributed by atoms with van der Waals surface area (Å²) < 4.78 is 9.79. The van der Waals surface area contributed by atoms with Crippen molar-refractivity contribution in [2.75, 3.05) is 17.7 Å². The van der Waals surface area contributed by atoms with Crippen molar-refractivity contribution in [3.8, 4) is 11.8 Å². The van der Waals surface area contributed by atoms with Gasteiger partial charge >= 0.3 is 0 Å². The second kappa shape index (κ2) is 9.86. The minimum absolute atomic E-state index is 0.109. The summed E-state index contributed by atoms with van der Waals surface area (Å²) in [4.78, 5) is 17.3. The van der Waals surface area contributed by atoms with E-state index < -0.39 is 0 Å².